The Morgan fingerprint density at radius 1 is 1.00 bits per heavy atom. The molecular weight excluding hydrogens is 216 g/mol. The first-order valence-electron chi connectivity index (χ1n) is 6.71. The van der Waals surface area contributed by atoms with Crippen LogP contribution in [0.4, 0.5) is 0 Å². The summed E-state index contributed by atoms with van der Waals surface area (Å²) in [4.78, 5) is 22.6. The van der Waals surface area contributed by atoms with Crippen molar-refractivity contribution in [2.24, 2.45) is 5.92 Å². The minimum Gasteiger partial charge on any atom is -0.468 e. The van der Waals surface area contributed by atoms with Gasteiger partial charge in [-0.2, -0.15) is 0 Å². The lowest BCUT2D eigenvalue weighted by atomic mass is 9.97. The molecule has 0 aliphatic heterocycles. The fourth-order valence-electron chi connectivity index (χ4n) is 1.93. The Balaban J connectivity index is 3.62. The Labute approximate surface area is 105 Å². The molecule has 3 heteroatoms. The first kappa shape index (κ1) is 16.1. The number of ketones is 1. The van der Waals surface area contributed by atoms with Gasteiger partial charge in [-0.25, -0.2) is 0 Å². The molecular formula is C14H26O3. The van der Waals surface area contributed by atoms with Gasteiger partial charge in [-0.15, -0.1) is 0 Å². The molecule has 0 bridgehead atoms. The van der Waals surface area contributed by atoms with Crippen LogP contribution in [-0.2, 0) is 14.3 Å². The summed E-state index contributed by atoms with van der Waals surface area (Å²) in [6.45, 7) is 3.66. The fourth-order valence-corrected chi connectivity index (χ4v) is 1.93. The normalized spacial score (nSPS) is 12.2. The molecule has 0 amide bonds. The molecule has 0 aliphatic rings. The summed E-state index contributed by atoms with van der Waals surface area (Å²) in [5.41, 5.74) is 0. The van der Waals surface area contributed by atoms with Gasteiger partial charge in [0.2, 0.25) is 0 Å². The van der Waals surface area contributed by atoms with Gasteiger partial charge in [0.25, 0.3) is 0 Å². The molecule has 17 heavy (non-hydrogen) atoms. The number of rotatable bonds is 10. The maximum Gasteiger partial charge on any atom is 0.316 e. The third kappa shape index (κ3) is 7.94. The Hall–Kier alpha value is -0.860. The van der Waals surface area contributed by atoms with Gasteiger partial charge in [-0.3, -0.25) is 9.59 Å². The second kappa shape index (κ2) is 10.3. The second-order valence-electron chi connectivity index (χ2n) is 4.60. The first-order chi connectivity index (χ1) is 8.13. The van der Waals surface area contributed by atoms with Crippen LogP contribution in [0.25, 0.3) is 0 Å². The molecule has 0 saturated carbocycles. The summed E-state index contributed by atoms with van der Waals surface area (Å²) < 4.78 is 4.62. The molecule has 0 saturated heterocycles. The molecule has 0 spiro atoms. The average molecular weight is 242 g/mol. The zero-order valence-electron chi connectivity index (χ0n) is 11.5. The van der Waals surface area contributed by atoms with Crippen LogP contribution in [-0.4, -0.2) is 18.9 Å². The Morgan fingerprint density at radius 2 is 1.53 bits per heavy atom. The number of esters is 1. The number of unbranched alkanes of at least 4 members (excludes halogenated alkanes) is 6. The molecule has 0 rings (SSSR count). The molecule has 0 aromatic carbocycles. The maximum atomic E-state index is 11.3. The highest BCUT2D eigenvalue weighted by atomic mass is 16.5. The minimum absolute atomic E-state index is 0.0807. The van der Waals surface area contributed by atoms with E-state index in [2.05, 4.69) is 11.7 Å². The van der Waals surface area contributed by atoms with Gasteiger partial charge >= 0.3 is 5.97 Å². The number of hydrogen-bond donors (Lipinski definition) is 0. The van der Waals surface area contributed by atoms with Crippen molar-refractivity contribution in [2.75, 3.05) is 7.11 Å². The lowest BCUT2D eigenvalue weighted by Crippen LogP contribution is -2.23. The van der Waals surface area contributed by atoms with E-state index in [1.807, 2.05) is 0 Å². The number of carbonyl (C=O) groups excluding carboxylic acids is 2. The van der Waals surface area contributed by atoms with E-state index >= 15 is 0 Å². The number of Topliss-reactive ketones (excluding diaryl/α,β-unsaturated/α-hetero) is 1. The number of hydrogen-bond acceptors (Lipinski definition) is 3. The van der Waals surface area contributed by atoms with E-state index in [-0.39, 0.29) is 11.8 Å². The highest BCUT2D eigenvalue weighted by Gasteiger charge is 2.23. The van der Waals surface area contributed by atoms with Crippen LogP contribution < -0.4 is 0 Å². The minimum atomic E-state index is -0.546. The van der Waals surface area contributed by atoms with Crippen LogP contribution in [0.15, 0.2) is 0 Å². The van der Waals surface area contributed by atoms with E-state index in [1.54, 1.807) is 0 Å². The van der Waals surface area contributed by atoms with E-state index < -0.39 is 5.92 Å². The summed E-state index contributed by atoms with van der Waals surface area (Å²) in [5.74, 6) is -1.01. The van der Waals surface area contributed by atoms with Crippen molar-refractivity contribution in [1.29, 1.82) is 0 Å². The Kier molecular flexibility index (Phi) is 9.78. The molecule has 0 fully saturated rings. The maximum absolute atomic E-state index is 11.3. The van der Waals surface area contributed by atoms with E-state index in [9.17, 15) is 9.59 Å². The second-order valence-corrected chi connectivity index (χ2v) is 4.60. The molecule has 1 atom stereocenters. The van der Waals surface area contributed by atoms with Crippen LogP contribution in [0.5, 0.6) is 0 Å². The topological polar surface area (TPSA) is 43.4 Å². The summed E-state index contributed by atoms with van der Waals surface area (Å²) >= 11 is 0. The van der Waals surface area contributed by atoms with Gasteiger partial charge < -0.3 is 4.74 Å². The quantitative estimate of drug-likeness (QED) is 0.334. The predicted molar refractivity (Wildman–Crippen MR) is 68.8 cm³/mol. The third-order valence-corrected chi connectivity index (χ3v) is 3.07. The van der Waals surface area contributed by atoms with E-state index in [0.29, 0.717) is 6.42 Å². The summed E-state index contributed by atoms with van der Waals surface area (Å²) in [6.07, 6.45) is 8.99. The zero-order valence-corrected chi connectivity index (χ0v) is 11.5. The van der Waals surface area contributed by atoms with Gasteiger partial charge in [-0.05, 0) is 13.3 Å². The van der Waals surface area contributed by atoms with Crippen molar-refractivity contribution in [3.05, 3.63) is 0 Å². The van der Waals surface area contributed by atoms with Gasteiger partial charge in [0, 0.05) is 0 Å². The lowest BCUT2D eigenvalue weighted by Gasteiger charge is -2.10. The van der Waals surface area contributed by atoms with E-state index in [1.165, 1.54) is 46.1 Å². The number of methoxy groups -OCH3 is 1. The summed E-state index contributed by atoms with van der Waals surface area (Å²) in [5, 5.41) is 0. The van der Waals surface area contributed by atoms with Crippen molar-refractivity contribution in [3.8, 4) is 0 Å². The number of carbonyl (C=O) groups is 2. The highest BCUT2D eigenvalue weighted by Crippen LogP contribution is 2.14. The van der Waals surface area contributed by atoms with Crippen molar-refractivity contribution < 1.29 is 14.3 Å². The molecule has 0 N–H and O–H groups in total. The zero-order chi connectivity index (χ0) is 13.1. The predicted octanol–water partition coefficient (Wildman–Crippen LogP) is 3.51. The van der Waals surface area contributed by atoms with Crippen molar-refractivity contribution >= 4 is 11.8 Å². The number of ether oxygens (including phenoxy) is 1. The van der Waals surface area contributed by atoms with Gasteiger partial charge in [-0.1, -0.05) is 51.9 Å². The molecule has 0 aromatic heterocycles. The Bertz CT molecular complexity index is 224. The van der Waals surface area contributed by atoms with E-state index in [4.69, 9.17) is 0 Å². The van der Waals surface area contributed by atoms with Crippen LogP contribution in [0.2, 0.25) is 0 Å². The molecule has 0 aromatic rings. The smallest absolute Gasteiger partial charge is 0.316 e. The van der Waals surface area contributed by atoms with Crippen LogP contribution >= 0.6 is 0 Å². The van der Waals surface area contributed by atoms with Crippen LogP contribution in [0.3, 0.4) is 0 Å². The molecule has 0 radical (unpaired) electrons. The molecule has 3 nitrogen and oxygen atoms in total. The highest BCUT2D eigenvalue weighted by molar-refractivity contribution is 5.97. The Morgan fingerprint density at radius 3 is 2.00 bits per heavy atom. The summed E-state index contributed by atoms with van der Waals surface area (Å²) in [7, 11) is 1.34. The molecule has 0 aliphatic carbocycles. The largest absolute Gasteiger partial charge is 0.468 e. The summed E-state index contributed by atoms with van der Waals surface area (Å²) in [6, 6.07) is 0. The van der Waals surface area contributed by atoms with E-state index in [0.717, 1.165) is 12.8 Å². The van der Waals surface area contributed by atoms with Crippen molar-refractivity contribution in [1.82, 2.24) is 0 Å². The first-order valence-corrected chi connectivity index (χ1v) is 6.71. The average Bonchev–Trinajstić information content (AvgIpc) is 2.31. The SMILES string of the molecule is CCCCCCCCCC(C(C)=O)C(=O)OC. The molecule has 0 heterocycles. The van der Waals surface area contributed by atoms with Crippen molar-refractivity contribution in [3.63, 3.8) is 0 Å². The fraction of sp³-hybridized carbons (Fsp3) is 0.857. The van der Waals surface area contributed by atoms with Crippen molar-refractivity contribution in [2.45, 2.75) is 65.2 Å². The van der Waals surface area contributed by atoms with Crippen LogP contribution in [0.1, 0.15) is 65.2 Å². The van der Waals surface area contributed by atoms with Gasteiger partial charge in [0.15, 0.2) is 0 Å². The monoisotopic (exact) mass is 242 g/mol. The molecule has 1 unspecified atom stereocenters. The lowest BCUT2D eigenvalue weighted by molar-refractivity contribution is -0.149. The standard InChI is InChI=1S/C14H26O3/c1-4-5-6-7-8-9-10-11-13(12(2)15)14(16)17-3/h13H,4-11H2,1-3H3. The van der Waals surface area contributed by atoms with Crippen LogP contribution in [0, 0.1) is 5.92 Å². The van der Waals surface area contributed by atoms with Gasteiger partial charge in [0.05, 0.1) is 7.11 Å². The third-order valence-electron chi connectivity index (χ3n) is 3.07. The van der Waals surface area contributed by atoms with Gasteiger partial charge in [0.1, 0.15) is 11.7 Å². The molecule has 100 valence electrons.